The average Bonchev–Trinajstić information content (AvgIpc) is 1.85. The van der Waals surface area contributed by atoms with Crippen LogP contribution < -0.4 is 71.2 Å². The lowest BCUT2D eigenvalue weighted by Gasteiger charge is -2.31. The number of hydrogen-bond donors (Lipinski definition) is 16. The van der Waals surface area contributed by atoms with E-state index in [1.165, 1.54) is 11.8 Å². The number of hydrogen-bond acceptors (Lipinski definition) is 15. The van der Waals surface area contributed by atoms with Crippen LogP contribution in [0.3, 0.4) is 0 Å². The molecule has 508 valence electrons. The molecule has 21 N–H and O–H groups in total. The minimum absolute atomic E-state index is 0.0152. The Morgan fingerprint density at radius 3 is 1.40 bits per heavy atom. The maximum atomic E-state index is 14.8. The lowest BCUT2D eigenvalue weighted by Crippen LogP contribution is -2.62. The molecule has 0 spiro atoms. The van der Waals surface area contributed by atoms with E-state index < -0.39 is 144 Å². The highest BCUT2D eigenvalue weighted by molar-refractivity contribution is 6.00. The SMILES string of the molecule is CC(C)C[C@H](NC(=O)[C@@H](N)CCCN=C(N)N)C(=O)N[C@@H](Cc1ccccc1)C(=O)N1CCC[C@H]1C(=O)N[C@@H](CC(=O)O)C(=O)N[C@@H](Cc1ccccc1)C(=O)N[C@@H](Cc1ccccc1)C(=O)N[C@H](C(=O)N[C@@H](CCCN=C(N)N)C(=O)N[C@H](C(=O)O)C(C)C)[C@@H](C)O. The van der Waals surface area contributed by atoms with Gasteiger partial charge in [0.05, 0.1) is 18.6 Å². The zero-order valence-electron chi connectivity index (χ0n) is 53.1. The third kappa shape index (κ3) is 26.2. The minimum Gasteiger partial charge on any atom is -0.481 e. The molecule has 11 atom stereocenters. The standard InChI is InChI=1S/C63H92N16O14/c1-35(2)30-43(72-52(83)41(64)24-15-27-69-62(65)66)54(85)76-47(33-40-22-13-8-14-23-40)60(91)79-29-17-26-48(79)58(89)75-46(34-49(81)82)56(87)73-44(31-38-18-9-6-10-19-38)55(86)74-45(32-39-20-11-7-12-21-39)57(88)78-51(37(5)80)59(90)71-42(25-16-28-70-63(67)68)53(84)77-50(36(3)4)61(92)93/h6-14,18-23,35-37,41-48,50-51,80H,15-17,24-34,64H2,1-5H3,(H,71,90)(H,72,83)(H,73,87)(H,74,86)(H,75,89)(H,76,85)(H,77,84)(H,78,88)(H,81,82)(H,92,93)(H4,65,66,69)(H4,67,68,70)/t37-,41+,42+,43+,44+,45+,46+,47+,48+,50+,51+/m1/s1. The summed E-state index contributed by atoms with van der Waals surface area (Å²) in [5.74, 6) is -12.0. The van der Waals surface area contributed by atoms with Gasteiger partial charge in [0.2, 0.25) is 53.2 Å². The average molecular weight is 1300 g/mol. The maximum Gasteiger partial charge on any atom is 0.326 e. The molecule has 4 rings (SSSR count). The van der Waals surface area contributed by atoms with Gasteiger partial charge in [0.15, 0.2) is 11.9 Å². The molecule has 30 heteroatoms. The molecule has 0 bridgehead atoms. The summed E-state index contributed by atoms with van der Waals surface area (Å²) in [5, 5.41) is 51.5. The molecule has 1 aliphatic heterocycles. The fourth-order valence-electron chi connectivity index (χ4n) is 10.2. The van der Waals surface area contributed by atoms with Gasteiger partial charge in [0.1, 0.15) is 54.4 Å². The largest absolute Gasteiger partial charge is 0.481 e. The number of aliphatic imine (C=N–C) groups is 2. The molecule has 0 unspecified atom stereocenters. The number of guanidine groups is 2. The molecule has 1 fully saturated rings. The number of carboxylic acid groups (broad SMARTS) is 2. The van der Waals surface area contributed by atoms with Crippen molar-refractivity contribution >= 4 is 77.0 Å². The highest BCUT2D eigenvalue weighted by Gasteiger charge is 2.41. The van der Waals surface area contributed by atoms with Gasteiger partial charge in [-0.2, -0.15) is 0 Å². The molecule has 9 amide bonds. The second-order valence-electron chi connectivity index (χ2n) is 23.7. The summed E-state index contributed by atoms with van der Waals surface area (Å²) in [6, 6.07) is 10.9. The van der Waals surface area contributed by atoms with E-state index in [1.807, 2.05) is 13.8 Å². The normalized spacial score (nSPS) is 16.0. The van der Waals surface area contributed by atoms with Crippen molar-refractivity contribution in [2.24, 2.45) is 50.5 Å². The Morgan fingerprint density at radius 2 is 0.935 bits per heavy atom. The summed E-state index contributed by atoms with van der Waals surface area (Å²) < 4.78 is 0. The number of nitrogens with two attached hydrogens (primary N) is 5. The van der Waals surface area contributed by atoms with E-state index in [0.717, 1.165) is 0 Å². The smallest absolute Gasteiger partial charge is 0.326 e. The molecule has 1 aliphatic rings. The lowest BCUT2D eigenvalue weighted by atomic mass is 10.00. The van der Waals surface area contributed by atoms with Gasteiger partial charge in [-0.1, -0.05) is 119 Å². The van der Waals surface area contributed by atoms with Gasteiger partial charge in [0, 0.05) is 38.9 Å². The molecular formula is C63H92N16O14. The maximum absolute atomic E-state index is 14.8. The summed E-state index contributed by atoms with van der Waals surface area (Å²) in [4.78, 5) is 162. The van der Waals surface area contributed by atoms with E-state index >= 15 is 0 Å². The summed E-state index contributed by atoms with van der Waals surface area (Å²) in [5.41, 5.74) is 29.5. The number of aliphatic hydroxyl groups excluding tert-OH is 1. The summed E-state index contributed by atoms with van der Waals surface area (Å²) in [6.45, 7) is 8.24. The Labute approximate surface area is 540 Å². The number of aliphatic carboxylic acids is 2. The topological polar surface area (TPSA) is 503 Å². The number of benzene rings is 3. The van der Waals surface area contributed by atoms with Crippen molar-refractivity contribution in [1.29, 1.82) is 0 Å². The van der Waals surface area contributed by atoms with Gasteiger partial charge in [0.25, 0.3) is 0 Å². The first-order valence-corrected chi connectivity index (χ1v) is 30.9. The fourth-order valence-corrected chi connectivity index (χ4v) is 10.2. The van der Waals surface area contributed by atoms with Crippen LogP contribution in [0.4, 0.5) is 0 Å². The summed E-state index contributed by atoms with van der Waals surface area (Å²) in [7, 11) is 0. The number of amides is 9. The van der Waals surface area contributed by atoms with Crippen LogP contribution in [-0.4, -0.2) is 183 Å². The molecule has 1 saturated heterocycles. The molecule has 3 aromatic rings. The third-order valence-electron chi connectivity index (χ3n) is 15.1. The Bertz CT molecular complexity index is 3060. The molecule has 30 nitrogen and oxygen atoms in total. The number of likely N-dealkylation sites (tertiary alicyclic amines) is 1. The Balaban J connectivity index is 1.62. The monoisotopic (exact) mass is 1300 g/mol. The van der Waals surface area contributed by atoms with Crippen molar-refractivity contribution in [2.45, 2.75) is 172 Å². The van der Waals surface area contributed by atoms with Crippen LogP contribution in [0, 0.1) is 11.8 Å². The first-order chi connectivity index (χ1) is 44.0. The van der Waals surface area contributed by atoms with Gasteiger partial charge >= 0.3 is 11.9 Å². The Hall–Kier alpha value is -9.71. The van der Waals surface area contributed by atoms with Gasteiger partial charge in [-0.15, -0.1) is 0 Å². The Morgan fingerprint density at radius 1 is 0.516 bits per heavy atom. The second-order valence-corrected chi connectivity index (χ2v) is 23.7. The predicted molar refractivity (Wildman–Crippen MR) is 344 cm³/mol. The minimum atomic E-state index is -1.87. The van der Waals surface area contributed by atoms with E-state index in [2.05, 4.69) is 52.5 Å². The van der Waals surface area contributed by atoms with Crippen molar-refractivity contribution in [3.63, 3.8) is 0 Å². The van der Waals surface area contributed by atoms with Crippen LogP contribution in [-0.2, 0) is 72.0 Å². The van der Waals surface area contributed by atoms with E-state index in [1.54, 1.807) is 105 Å². The third-order valence-corrected chi connectivity index (χ3v) is 15.1. The van der Waals surface area contributed by atoms with Crippen molar-refractivity contribution in [2.75, 3.05) is 19.6 Å². The number of nitrogens with zero attached hydrogens (tertiary/aromatic N) is 3. The summed E-state index contributed by atoms with van der Waals surface area (Å²) >= 11 is 0. The van der Waals surface area contributed by atoms with E-state index in [4.69, 9.17) is 28.7 Å². The molecule has 0 radical (unpaired) electrons. The quantitative estimate of drug-likeness (QED) is 0.0162. The number of rotatable bonds is 38. The number of nitrogens with one attached hydrogen (secondary N) is 8. The molecular weight excluding hydrogens is 1200 g/mol. The van der Waals surface area contributed by atoms with Crippen LogP contribution >= 0.6 is 0 Å². The number of carbonyl (C=O) groups is 11. The van der Waals surface area contributed by atoms with Gasteiger partial charge < -0.3 is 91.4 Å². The lowest BCUT2D eigenvalue weighted by molar-refractivity contribution is -0.144. The van der Waals surface area contributed by atoms with Crippen LogP contribution in [0.25, 0.3) is 0 Å². The van der Waals surface area contributed by atoms with Gasteiger partial charge in [-0.3, -0.25) is 57.9 Å². The molecule has 0 aliphatic carbocycles. The van der Waals surface area contributed by atoms with Crippen LogP contribution in [0.2, 0.25) is 0 Å². The van der Waals surface area contributed by atoms with E-state index in [9.17, 15) is 68.1 Å². The van der Waals surface area contributed by atoms with Crippen molar-refractivity contribution in [3.05, 3.63) is 108 Å². The molecule has 93 heavy (non-hydrogen) atoms. The van der Waals surface area contributed by atoms with Gasteiger partial charge in [-0.25, -0.2) is 4.79 Å². The number of carbonyl (C=O) groups excluding carboxylic acids is 9. The van der Waals surface area contributed by atoms with Crippen LogP contribution in [0.5, 0.6) is 0 Å². The molecule has 0 saturated carbocycles. The van der Waals surface area contributed by atoms with Crippen molar-refractivity contribution in [1.82, 2.24) is 47.4 Å². The molecule has 0 aromatic heterocycles. The van der Waals surface area contributed by atoms with Gasteiger partial charge in [-0.05, 0) is 80.4 Å². The first kappa shape index (κ1) is 75.7. The summed E-state index contributed by atoms with van der Waals surface area (Å²) in [6.07, 6.45) is -2.15. The predicted octanol–water partition coefficient (Wildman–Crippen LogP) is -2.34. The number of carboxylic acids is 2. The zero-order valence-corrected chi connectivity index (χ0v) is 53.1. The first-order valence-electron chi connectivity index (χ1n) is 30.9. The van der Waals surface area contributed by atoms with Crippen LogP contribution in [0.1, 0.15) is 103 Å². The fraction of sp³-hybridized carbons (Fsp3) is 0.508. The van der Waals surface area contributed by atoms with Crippen LogP contribution in [0.15, 0.2) is 101 Å². The Kier molecular flexibility index (Phi) is 31.1. The zero-order chi connectivity index (χ0) is 68.9. The van der Waals surface area contributed by atoms with E-state index in [-0.39, 0.29) is 95.3 Å². The second kappa shape index (κ2) is 38.2. The van der Waals surface area contributed by atoms with Crippen molar-refractivity contribution < 1.29 is 68.1 Å². The van der Waals surface area contributed by atoms with E-state index in [0.29, 0.717) is 23.1 Å². The molecule has 1 heterocycles. The number of aliphatic hydroxyl groups is 1. The highest BCUT2D eigenvalue weighted by Crippen LogP contribution is 2.21. The van der Waals surface area contributed by atoms with Crippen molar-refractivity contribution in [3.8, 4) is 0 Å². The highest BCUT2D eigenvalue weighted by atomic mass is 16.4. The molecule has 3 aromatic carbocycles.